The highest BCUT2D eigenvalue weighted by molar-refractivity contribution is 5.80. The van der Waals surface area contributed by atoms with E-state index in [2.05, 4.69) is 4.90 Å². The number of nitrogens with two attached hydrogens (primary N) is 1. The number of anilines is 1. The summed E-state index contributed by atoms with van der Waals surface area (Å²) in [6.45, 7) is 4.15. The molecule has 1 saturated heterocycles. The van der Waals surface area contributed by atoms with E-state index in [-0.39, 0.29) is 11.5 Å². The highest BCUT2D eigenvalue weighted by atomic mass is 19.1. The fraction of sp³-hybridized carbons (Fsp3) is 0.350. The van der Waals surface area contributed by atoms with Gasteiger partial charge in [0.1, 0.15) is 5.82 Å². The molecule has 0 amide bonds. The van der Waals surface area contributed by atoms with Crippen LogP contribution in [0, 0.1) is 5.82 Å². The average Bonchev–Trinajstić information content (AvgIpc) is 3.23. The molecule has 0 spiro atoms. The summed E-state index contributed by atoms with van der Waals surface area (Å²) in [4.78, 5) is 15.5. The number of likely N-dealkylation sites (tertiary alicyclic amines) is 1. The van der Waals surface area contributed by atoms with Gasteiger partial charge in [0.15, 0.2) is 0 Å². The molecule has 136 valence electrons. The maximum atomic E-state index is 13.2. The molecule has 0 bridgehead atoms. The number of nitrogen functional groups attached to an aromatic ring is 1. The van der Waals surface area contributed by atoms with Gasteiger partial charge < -0.3 is 10.6 Å². The molecule has 3 aromatic rings. The highest BCUT2D eigenvalue weighted by Crippen LogP contribution is 2.19. The van der Waals surface area contributed by atoms with E-state index >= 15 is 0 Å². The fourth-order valence-corrected chi connectivity index (χ4v) is 3.73. The van der Waals surface area contributed by atoms with Crippen molar-refractivity contribution in [3.05, 3.63) is 64.3 Å². The van der Waals surface area contributed by atoms with Gasteiger partial charge in [-0.3, -0.25) is 9.13 Å². The van der Waals surface area contributed by atoms with E-state index in [1.807, 2.05) is 22.8 Å². The molecule has 0 aliphatic carbocycles. The quantitative estimate of drug-likeness (QED) is 0.717. The Morgan fingerprint density at radius 2 is 1.65 bits per heavy atom. The second-order valence-corrected chi connectivity index (χ2v) is 6.94. The second kappa shape index (κ2) is 6.96. The lowest BCUT2D eigenvalue weighted by atomic mass is 10.2. The first kappa shape index (κ1) is 16.8. The van der Waals surface area contributed by atoms with E-state index in [1.165, 1.54) is 25.0 Å². The van der Waals surface area contributed by atoms with E-state index < -0.39 is 0 Å². The second-order valence-electron chi connectivity index (χ2n) is 6.94. The summed E-state index contributed by atoms with van der Waals surface area (Å²) in [5.41, 5.74) is 9.13. The van der Waals surface area contributed by atoms with Crippen LogP contribution in [0.5, 0.6) is 0 Å². The van der Waals surface area contributed by atoms with Crippen LogP contribution in [0.15, 0.2) is 47.3 Å². The van der Waals surface area contributed by atoms with Crippen molar-refractivity contribution in [2.45, 2.75) is 25.9 Å². The lowest BCUT2D eigenvalue weighted by Crippen LogP contribution is -2.30. The van der Waals surface area contributed by atoms with Gasteiger partial charge in [0, 0.05) is 18.8 Å². The van der Waals surface area contributed by atoms with E-state index in [1.54, 1.807) is 16.7 Å². The first-order chi connectivity index (χ1) is 12.6. The molecule has 6 heteroatoms. The number of fused-ring (bicyclic) bond motifs is 1. The summed E-state index contributed by atoms with van der Waals surface area (Å²) in [7, 11) is 0. The monoisotopic (exact) mass is 354 g/mol. The molecule has 1 aliphatic rings. The zero-order valence-electron chi connectivity index (χ0n) is 14.7. The van der Waals surface area contributed by atoms with E-state index in [0.717, 1.165) is 36.2 Å². The Hall–Kier alpha value is -2.60. The normalized spacial score (nSPS) is 15.1. The van der Waals surface area contributed by atoms with Crippen molar-refractivity contribution < 1.29 is 4.39 Å². The van der Waals surface area contributed by atoms with E-state index in [4.69, 9.17) is 5.73 Å². The Morgan fingerprint density at radius 3 is 2.38 bits per heavy atom. The minimum Gasteiger partial charge on any atom is -0.399 e. The Morgan fingerprint density at radius 1 is 0.923 bits per heavy atom. The maximum absolute atomic E-state index is 13.2. The van der Waals surface area contributed by atoms with Gasteiger partial charge >= 0.3 is 5.69 Å². The summed E-state index contributed by atoms with van der Waals surface area (Å²) in [5, 5.41) is 0. The molecule has 1 aliphatic heterocycles. The minimum absolute atomic E-state index is 0.0471. The van der Waals surface area contributed by atoms with Crippen LogP contribution in [0.1, 0.15) is 18.4 Å². The molecule has 0 radical (unpaired) electrons. The summed E-state index contributed by atoms with van der Waals surface area (Å²) in [6.07, 6.45) is 2.47. The van der Waals surface area contributed by atoms with Crippen LogP contribution in [-0.4, -0.2) is 33.7 Å². The van der Waals surface area contributed by atoms with Crippen LogP contribution in [0.25, 0.3) is 11.0 Å². The highest BCUT2D eigenvalue weighted by Gasteiger charge is 2.16. The zero-order valence-corrected chi connectivity index (χ0v) is 14.7. The van der Waals surface area contributed by atoms with Gasteiger partial charge in [0.05, 0.1) is 17.6 Å². The van der Waals surface area contributed by atoms with E-state index in [0.29, 0.717) is 18.8 Å². The third-order valence-electron chi connectivity index (χ3n) is 5.14. The summed E-state index contributed by atoms with van der Waals surface area (Å²) in [6, 6.07) is 11.8. The van der Waals surface area contributed by atoms with Gasteiger partial charge in [0.25, 0.3) is 0 Å². The van der Waals surface area contributed by atoms with Gasteiger partial charge in [-0.05, 0) is 61.8 Å². The minimum atomic E-state index is -0.279. The third kappa shape index (κ3) is 3.24. The van der Waals surface area contributed by atoms with Crippen molar-refractivity contribution in [2.75, 3.05) is 25.4 Å². The Bertz CT molecular complexity index is 968. The van der Waals surface area contributed by atoms with Crippen LogP contribution in [0.3, 0.4) is 0 Å². The molecule has 1 fully saturated rings. The van der Waals surface area contributed by atoms with Crippen LogP contribution in [-0.2, 0) is 13.1 Å². The topological polar surface area (TPSA) is 56.2 Å². The number of aromatic nitrogens is 2. The van der Waals surface area contributed by atoms with Gasteiger partial charge in [-0.2, -0.15) is 0 Å². The maximum Gasteiger partial charge on any atom is 0.329 e. The number of benzene rings is 2. The molecule has 2 aromatic carbocycles. The Balaban J connectivity index is 1.71. The molecular weight excluding hydrogens is 331 g/mol. The molecule has 5 nitrogen and oxygen atoms in total. The number of imidazole rings is 1. The van der Waals surface area contributed by atoms with Gasteiger partial charge in [-0.25, -0.2) is 9.18 Å². The van der Waals surface area contributed by atoms with Crippen LogP contribution in [0.4, 0.5) is 10.1 Å². The van der Waals surface area contributed by atoms with Gasteiger partial charge in [0.2, 0.25) is 0 Å². The summed E-state index contributed by atoms with van der Waals surface area (Å²) in [5.74, 6) is -0.279. The smallest absolute Gasteiger partial charge is 0.329 e. The van der Waals surface area contributed by atoms with Crippen molar-refractivity contribution in [3.8, 4) is 0 Å². The number of hydrogen-bond acceptors (Lipinski definition) is 3. The predicted octanol–water partition coefficient (Wildman–Crippen LogP) is 2.67. The van der Waals surface area contributed by atoms with Crippen molar-refractivity contribution in [2.24, 2.45) is 0 Å². The van der Waals surface area contributed by atoms with Crippen LogP contribution < -0.4 is 11.4 Å². The lowest BCUT2D eigenvalue weighted by Gasteiger charge is -2.14. The lowest BCUT2D eigenvalue weighted by molar-refractivity contribution is 0.322. The van der Waals surface area contributed by atoms with Gasteiger partial charge in [-0.1, -0.05) is 12.1 Å². The zero-order chi connectivity index (χ0) is 18.1. The number of hydrogen-bond donors (Lipinski definition) is 1. The number of nitrogens with zero attached hydrogens (tertiary/aromatic N) is 3. The fourth-order valence-electron chi connectivity index (χ4n) is 3.73. The molecule has 0 saturated carbocycles. The SMILES string of the molecule is Nc1ccc2c(c1)n(Cc1ccc(F)cc1)c(=O)n2CCN1CCCC1. The molecule has 1 aromatic heterocycles. The van der Waals surface area contributed by atoms with Crippen molar-refractivity contribution in [1.82, 2.24) is 14.0 Å². The van der Waals surface area contributed by atoms with E-state index in [9.17, 15) is 9.18 Å². The first-order valence-corrected chi connectivity index (χ1v) is 9.07. The Labute approximate surface area is 151 Å². The molecule has 2 heterocycles. The standard InChI is InChI=1S/C20H23FN4O/c21-16-5-3-15(4-6-16)14-25-19-13-17(22)7-8-18(19)24(20(25)26)12-11-23-9-1-2-10-23/h3-8,13H,1-2,9-12,14,22H2. The number of rotatable bonds is 5. The summed E-state index contributed by atoms with van der Waals surface area (Å²) < 4.78 is 16.7. The average molecular weight is 354 g/mol. The molecule has 2 N–H and O–H groups in total. The third-order valence-corrected chi connectivity index (χ3v) is 5.14. The van der Waals surface area contributed by atoms with Crippen LogP contribution in [0.2, 0.25) is 0 Å². The van der Waals surface area contributed by atoms with Crippen molar-refractivity contribution >= 4 is 16.7 Å². The number of halogens is 1. The Kier molecular flexibility index (Phi) is 4.51. The van der Waals surface area contributed by atoms with Crippen LogP contribution >= 0.6 is 0 Å². The molecule has 0 atom stereocenters. The molecule has 4 rings (SSSR count). The molecular formula is C20H23FN4O. The predicted molar refractivity (Wildman–Crippen MR) is 102 cm³/mol. The first-order valence-electron chi connectivity index (χ1n) is 9.07. The van der Waals surface area contributed by atoms with Crippen molar-refractivity contribution in [1.29, 1.82) is 0 Å². The van der Waals surface area contributed by atoms with Crippen molar-refractivity contribution in [3.63, 3.8) is 0 Å². The molecule has 0 unspecified atom stereocenters. The molecule has 26 heavy (non-hydrogen) atoms. The van der Waals surface area contributed by atoms with Gasteiger partial charge in [-0.15, -0.1) is 0 Å². The summed E-state index contributed by atoms with van der Waals surface area (Å²) >= 11 is 0. The largest absolute Gasteiger partial charge is 0.399 e.